The molecule has 0 radical (unpaired) electrons. The van der Waals surface area contributed by atoms with Crippen LogP contribution in [0.2, 0.25) is 0 Å². The number of alkyl halides is 3. The first-order valence-corrected chi connectivity index (χ1v) is 9.36. The number of rotatable bonds is 7. The van der Waals surface area contributed by atoms with E-state index < -0.39 is 39.8 Å². The van der Waals surface area contributed by atoms with Crippen LogP contribution in [0.25, 0.3) is 0 Å². The topological polar surface area (TPSA) is 116 Å². The molecular formula is C13H21ClF3N5O4S. The number of hydrogen-bond donors (Lipinski definition) is 3. The Morgan fingerprint density at radius 2 is 2.04 bits per heavy atom. The summed E-state index contributed by atoms with van der Waals surface area (Å²) in [6.07, 6.45) is -3.66. The lowest BCUT2D eigenvalue weighted by Gasteiger charge is -2.35. The van der Waals surface area contributed by atoms with E-state index in [1.165, 1.54) is 6.92 Å². The van der Waals surface area contributed by atoms with E-state index in [4.69, 9.17) is 4.74 Å². The van der Waals surface area contributed by atoms with E-state index in [1.54, 1.807) is 0 Å². The quantitative estimate of drug-likeness (QED) is 0.521. The van der Waals surface area contributed by atoms with E-state index in [0.717, 1.165) is 11.1 Å². The van der Waals surface area contributed by atoms with Gasteiger partial charge in [-0.15, -0.1) is 12.4 Å². The summed E-state index contributed by atoms with van der Waals surface area (Å²) in [4.78, 5) is 12.9. The van der Waals surface area contributed by atoms with Crippen LogP contribution in [0.5, 0.6) is 0 Å². The molecule has 1 aromatic rings. The standard InChI is InChI=1S/C13H20F3N5O4S.ClH/c1-2-25-12(22)9-7-18-20-11(9)26(23,24)19-8-10(13(14,15)16)21-5-3-17-4-6-21;/h7,10,17,19H,2-6,8H2,1H3,(H,18,20);1H. The van der Waals surface area contributed by atoms with Crippen LogP contribution < -0.4 is 10.0 Å². The summed E-state index contributed by atoms with van der Waals surface area (Å²) >= 11 is 0. The van der Waals surface area contributed by atoms with Gasteiger partial charge in [0.05, 0.1) is 12.8 Å². The number of halogens is 4. The van der Waals surface area contributed by atoms with Crippen molar-refractivity contribution in [2.75, 3.05) is 39.3 Å². The highest BCUT2D eigenvalue weighted by molar-refractivity contribution is 7.89. The zero-order chi connectivity index (χ0) is 19.4. The number of esters is 1. The molecule has 1 fully saturated rings. The number of carbonyl (C=O) groups is 1. The summed E-state index contributed by atoms with van der Waals surface area (Å²) in [7, 11) is -4.42. The number of carbonyl (C=O) groups excluding carboxylic acids is 1. The monoisotopic (exact) mass is 435 g/mol. The molecule has 0 amide bonds. The van der Waals surface area contributed by atoms with Crippen LogP contribution in [0, 0.1) is 0 Å². The summed E-state index contributed by atoms with van der Waals surface area (Å²) < 4.78 is 71.3. The second-order valence-corrected chi connectivity index (χ2v) is 7.23. The van der Waals surface area contributed by atoms with Crippen LogP contribution in [-0.2, 0) is 14.8 Å². The number of nitrogens with zero attached hydrogens (tertiary/aromatic N) is 2. The number of piperazine rings is 1. The first kappa shape index (κ1) is 23.6. The van der Waals surface area contributed by atoms with Crippen molar-refractivity contribution in [2.24, 2.45) is 0 Å². The highest BCUT2D eigenvalue weighted by Gasteiger charge is 2.44. The summed E-state index contributed by atoms with van der Waals surface area (Å²) in [6, 6.07) is -1.98. The normalized spacial score (nSPS) is 17.2. The van der Waals surface area contributed by atoms with E-state index in [0.29, 0.717) is 13.1 Å². The molecule has 0 aromatic carbocycles. The van der Waals surface area contributed by atoms with Crippen LogP contribution in [0.4, 0.5) is 13.2 Å². The number of H-pyrrole nitrogens is 1. The Kier molecular flexibility index (Phi) is 8.48. The van der Waals surface area contributed by atoms with Gasteiger partial charge in [0, 0.05) is 32.7 Å². The average molecular weight is 436 g/mol. The molecule has 156 valence electrons. The van der Waals surface area contributed by atoms with Crippen molar-refractivity contribution in [3.63, 3.8) is 0 Å². The summed E-state index contributed by atoms with van der Waals surface area (Å²) in [6.45, 7) is 1.71. The van der Waals surface area contributed by atoms with Crippen LogP contribution in [-0.4, -0.2) is 81.0 Å². The number of nitrogens with one attached hydrogen (secondary N) is 3. The molecule has 2 heterocycles. The van der Waals surface area contributed by atoms with Gasteiger partial charge in [-0.2, -0.15) is 18.3 Å². The van der Waals surface area contributed by atoms with Crippen molar-refractivity contribution < 1.29 is 31.1 Å². The van der Waals surface area contributed by atoms with E-state index >= 15 is 0 Å². The molecule has 0 spiro atoms. The lowest BCUT2D eigenvalue weighted by molar-refractivity contribution is -0.182. The number of hydrogen-bond acceptors (Lipinski definition) is 7. The SMILES string of the molecule is CCOC(=O)c1cn[nH]c1S(=O)(=O)NCC(N1CCNCC1)C(F)(F)F.Cl. The zero-order valence-electron chi connectivity index (χ0n) is 14.4. The fourth-order valence-corrected chi connectivity index (χ4v) is 3.66. The molecule has 1 aliphatic rings. The molecule has 2 rings (SSSR count). The third-order valence-corrected chi connectivity index (χ3v) is 5.20. The molecule has 0 saturated carbocycles. The molecule has 0 aliphatic carbocycles. The van der Waals surface area contributed by atoms with Gasteiger partial charge in [0.1, 0.15) is 11.6 Å². The second-order valence-electron chi connectivity index (χ2n) is 5.53. The largest absolute Gasteiger partial charge is 0.462 e. The fraction of sp³-hybridized carbons (Fsp3) is 0.692. The number of aromatic amines is 1. The molecule has 1 unspecified atom stereocenters. The maximum absolute atomic E-state index is 13.3. The van der Waals surface area contributed by atoms with Gasteiger partial charge in [0.15, 0.2) is 5.03 Å². The third-order valence-electron chi connectivity index (χ3n) is 3.81. The van der Waals surface area contributed by atoms with E-state index in [2.05, 4.69) is 15.5 Å². The maximum atomic E-state index is 13.3. The third kappa shape index (κ3) is 6.04. The molecular weight excluding hydrogens is 415 g/mol. The smallest absolute Gasteiger partial charge is 0.405 e. The second kappa shape index (κ2) is 9.68. The van der Waals surface area contributed by atoms with Crippen molar-refractivity contribution in [1.82, 2.24) is 25.1 Å². The van der Waals surface area contributed by atoms with Crippen LogP contribution in [0.3, 0.4) is 0 Å². The Balaban J connectivity index is 0.00000364. The van der Waals surface area contributed by atoms with Crippen molar-refractivity contribution in [3.05, 3.63) is 11.8 Å². The lowest BCUT2D eigenvalue weighted by atomic mass is 10.2. The van der Waals surface area contributed by atoms with Crippen LogP contribution in [0.15, 0.2) is 11.2 Å². The molecule has 14 heteroatoms. The molecule has 1 saturated heterocycles. The van der Waals surface area contributed by atoms with Crippen molar-refractivity contribution in [3.8, 4) is 0 Å². The predicted molar refractivity (Wildman–Crippen MR) is 91.3 cm³/mol. The Bertz CT molecular complexity index is 722. The van der Waals surface area contributed by atoms with Crippen molar-refractivity contribution in [2.45, 2.75) is 24.2 Å². The Morgan fingerprint density at radius 1 is 1.41 bits per heavy atom. The first-order valence-electron chi connectivity index (χ1n) is 7.88. The highest BCUT2D eigenvalue weighted by Crippen LogP contribution is 2.25. The fourth-order valence-electron chi connectivity index (χ4n) is 2.54. The molecule has 1 aromatic heterocycles. The first-order chi connectivity index (χ1) is 12.2. The summed E-state index contributed by atoms with van der Waals surface area (Å²) in [5.74, 6) is -0.934. The summed E-state index contributed by atoms with van der Waals surface area (Å²) in [5, 5.41) is 7.90. The molecule has 1 atom stereocenters. The van der Waals surface area contributed by atoms with Gasteiger partial charge in [-0.1, -0.05) is 0 Å². The van der Waals surface area contributed by atoms with Crippen molar-refractivity contribution in [1.29, 1.82) is 0 Å². The summed E-state index contributed by atoms with van der Waals surface area (Å²) in [5.41, 5.74) is -0.370. The predicted octanol–water partition coefficient (Wildman–Crippen LogP) is 0.123. The van der Waals surface area contributed by atoms with Crippen LogP contribution >= 0.6 is 12.4 Å². The minimum Gasteiger partial charge on any atom is -0.462 e. The molecule has 0 bridgehead atoms. The Morgan fingerprint density at radius 3 is 2.59 bits per heavy atom. The van der Waals surface area contributed by atoms with Crippen LogP contribution in [0.1, 0.15) is 17.3 Å². The Hall–Kier alpha value is -1.41. The molecule has 3 N–H and O–H groups in total. The Labute approximate surface area is 160 Å². The van der Waals surface area contributed by atoms with Gasteiger partial charge in [-0.25, -0.2) is 17.9 Å². The minimum absolute atomic E-state index is 0. The zero-order valence-corrected chi connectivity index (χ0v) is 16.0. The minimum atomic E-state index is -4.61. The average Bonchev–Trinajstić information content (AvgIpc) is 3.05. The van der Waals surface area contributed by atoms with E-state index in [9.17, 15) is 26.4 Å². The van der Waals surface area contributed by atoms with E-state index in [1.807, 2.05) is 4.72 Å². The van der Waals surface area contributed by atoms with Gasteiger partial charge >= 0.3 is 12.1 Å². The van der Waals surface area contributed by atoms with Gasteiger partial charge in [0.2, 0.25) is 0 Å². The molecule has 9 nitrogen and oxygen atoms in total. The highest BCUT2D eigenvalue weighted by atomic mass is 35.5. The molecule has 1 aliphatic heterocycles. The number of sulfonamides is 1. The van der Waals surface area contributed by atoms with Gasteiger partial charge in [-0.3, -0.25) is 10.00 Å². The van der Waals surface area contributed by atoms with Gasteiger partial charge in [-0.05, 0) is 6.92 Å². The van der Waals surface area contributed by atoms with Gasteiger partial charge < -0.3 is 10.1 Å². The van der Waals surface area contributed by atoms with E-state index in [-0.39, 0.29) is 37.7 Å². The number of aromatic nitrogens is 2. The van der Waals surface area contributed by atoms with Crippen molar-refractivity contribution >= 4 is 28.4 Å². The molecule has 27 heavy (non-hydrogen) atoms. The lowest BCUT2D eigenvalue weighted by Crippen LogP contribution is -2.57. The maximum Gasteiger partial charge on any atom is 0.405 e. The number of ether oxygens (including phenoxy) is 1. The van der Waals surface area contributed by atoms with Gasteiger partial charge in [0.25, 0.3) is 10.0 Å².